The highest BCUT2D eigenvalue weighted by atomic mass is 16.7. The van der Waals surface area contributed by atoms with Crippen LogP contribution in [0.2, 0.25) is 0 Å². The highest BCUT2D eigenvalue weighted by Crippen LogP contribution is 2.16. The van der Waals surface area contributed by atoms with E-state index in [-0.39, 0.29) is 6.29 Å². The summed E-state index contributed by atoms with van der Waals surface area (Å²) in [7, 11) is 0. The minimum absolute atomic E-state index is 0.0821. The van der Waals surface area contributed by atoms with Gasteiger partial charge in [-0.3, -0.25) is 0 Å². The largest absolute Gasteiger partial charge is 0.353 e. The predicted octanol–water partition coefficient (Wildman–Crippen LogP) is 2.19. The van der Waals surface area contributed by atoms with E-state index in [1.165, 1.54) is 6.42 Å². The highest BCUT2D eigenvalue weighted by molar-refractivity contribution is 4.56. The zero-order valence-corrected chi connectivity index (χ0v) is 7.51. The van der Waals surface area contributed by atoms with Crippen molar-refractivity contribution in [3.8, 4) is 0 Å². The summed E-state index contributed by atoms with van der Waals surface area (Å²) in [6.07, 6.45) is 3.40. The van der Waals surface area contributed by atoms with E-state index in [1.807, 2.05) is 0 Å². The smallest absolute Gasteiger partial charge is 0.157 e. The molecule has 1 heterocycles. The van der Waals surface area contributed by atoms with E-state index in [2.05, 4.69) is 13.8 Å². The highest BCUT2D eigenvalue weighted by Gasteiger charge is 2.15. The van der Waals surface area contributed by atoms with E-state index in [1.54, 1.807) is 0 Å². The van der Waals surface area contributed by atoms with Crippen LogP contribution in [0.5, 0.6) is 0 Å². The fraction of sp³-hybridized carbons (Fsp3) is 1.00. The molecule has 2 nitrogen and oxygen atoms in total. The molecule has 1 rings (SSSR count). The normalized spacial score (nSPS) is 23.5. The van der Waals surface area contributed by atoms with E-state index in [0.717, 1.165) is 32.0 Å². The summed E-state index contributed by atoms with van der Waals surface area (Å²) in [5, 5.41) is 0. The molecule has 0 aromatic heterocycles. The van der Waals surface area contributed by atoms with Crippen molar-refractivity contribution in [3.05, 3.63) is 0 Å². The Kier molecular flexibility index (Phi) is 3.87. The van der Waals surface area contributed by atoms with E-state index in [4.69, 9.17) is 9.47 Å². The zero-order valence-electron chi connectivity index (χ0n) is 7.51. The Bertz CT molecular complexity index is 97.7. The summed E-state index contributed by atoms with van der Waals surface area (Å²) >= 11 is 0. The minimum Gasteiger partial charge on any atom is -0.353 e. The lowest BCUT2D eigenvalue weighted by atomic mass is 10.1. The van der Waals surface area contributed by atoms with Gasteiger partial charge in [-0.15, -0.1) is 0 Å². The van der Waals surface area contributed by atoms with Gasteiger partial charge in [-0.05, 0) is 12.3 Å². The van der Waals surface area contributed by atoms with Gasteiger partial charge in [-0.25, -0.2) is 0 Å². The van der Waals surface area contributed by atoms with Crippen molar-refractivity contribution in [1.82, 2.24) is 0 Å². The molecular weight excluding hydrogens is 140 g/mol. The first-order valence-corrected chi connectivity index (χ1v) is 4.56. The van der Waals surface area contributed by atoms with Gasteiger partial charge < -0.3 is 9.47 Å². The standard InChI is InChI=1S/C9H18O2/c1-3-8(2)7-9-10-5-4-6-11-9/h8-9H,3-7H2,1-2H3. The second kappa shape index (κ2) is 4.73. The average molecular weight is 158 g/mol. The van der Waals surface area contributed by atoms with Crippen molar-refractivity contribution >= 4 is 0 Å². The SMILES string of the molecule is CCC(C)CC1OCCCO1. The third kappa shape index (κ3) is 3.21. The minimum atomic E-state index is 0.0821. The van der Waals surface area contributed by atoms with Gasteiger partial charge in [0.25, 0.3) is 0 Å². The molecule has 2 heteroatoms. The topological polar surface area (TPSA) is 18.5 Å². The Morgan fingerprint density at radius 3 is 2.55 bits per heavy atom. The fourth-order valence-electron chi connectivity index (χ4n) is 1.17. The molecule has 0 spiro atoms. The zero-order chi connectivity index (χ0) is 8.10. The van der Waals surface area contributed by atoms with Gasteiger partial charge in [-0.1, -0.05) is 20.3 Å². The predicted molar refractivity (Wildman–Crippen MR) is 44.4 cm³/mol. The Labute approximate surface area is 68.9 Å². The van der Waals surface area contributed by atoms with Crippen LogP contribution in [0.25, 0.3) is 0 Å². The van der Waals surface area contributed by atoms with Crippen LogP contribution in [-0.2, 0) is 9.47 Å². The molecule has 1 saturated heterocycles. The van der Waals surface area contributed by atoms with Gasteiger partial charge in [0.15, 0.2) is 6.29 Å². The fourth-order valence-corrected chi connectivity index (χ4v) is 1.17. The van der Waals surface area contributed by atoms with Crippen molar-refractivity contribution in [2.45, 2.75) is 39.4 Å². The first kappa shape index (κ1) is 9.01. The first-order chi connectivity index (χ1) is 5.33. The lowest BCUT2D eigenvalue weighted by Gasteiger charge is -2.25. The maximum absolute atomic E-state index is 5.43. The maximum Gasteiger partial charge on any atom is 0.157 e. The summed E-state index contributed by atoms with van der Waals surface area (Å²) in [6.45, 7) is 6.19. The molecule has 0 radical (unpaired) electrons. The summed E-state index contributed by atoms with van der Waals surface area (Å²) in [4.78, 5) is 0. The van der Waals surface area contributed by atoms with Gasteiger partial charge in [0.2, 0.25) is 0 Å². The molecule has 0 aliphatic carbocycles. The first-order valence-electron chi connectivity index (χ1n) is 4.56. The molecule has 0 aromatic carbocycles. The Morgan fingerprint density at radius 1 is 1.36 bits per heavy atom. The van der Waals surface area contributed by atoms with Crippen molar-refractivity contribution in [3.63, 3.8) is 0 Å². The Balaban J connectivity index is 2.13. The second-order valence-electron chi connectivity index (χ2n) is 3.27. The van der Waals surface area contributed by atoms with Crippen LogP contribution in [0.3, 0.4) is 0 Å². The van der Waals surface area contributed by atoms with Crippen LogP contribution in [0, 0.1) is 5.92 Å². The maximum atomic E-state index is 5.43. The molecule has 0 N–H and O–H groups in total. The summed E-state index contributed by atoms with van der Waals surface area (Å²) in [5.41, 5.74) is 0. The van der Waals surface area contributed by atoms with E-state index in [0.29, 0.717) is 0 Å². The number of rotatable bonds is 3. The van der Waals surface area contributed by atoms with Crippen LogP contribution in [0.1, 0.15) is 33.1 Å². The second-order valence-corrected chi connectivity index (χ2v) is 3.27. The third-order valence-corrected chi connectivity index (χ3v) is 2.19. The summed E-state index contributed by atoms with van der Waals surface area (Å²) < 4.78 is 10.9. The molecule has 0 saturated carbocycles. The molecule has 1 aliphatic heterocycles. The van der Waals surface area contributed by atoms with Gasteiger partial charge in [-0.2, -0.15) is 0 Å². The molecule has 1 atom stereocenters. The van der Waals surface area contributed by atoms with Gasteiger partial charge in [0.1, 0.15) is 0 Å². The molecule has 0 amide bonds. The van der Waals surface area contributed by atoms with Crippen molar-refractivity contribution < 1.29 is 9.47 Å². The summed E-state index contributed by atoms with van der Waals surface area (Å²) in [5.74, 6) is 0.720. The van der Waals surface area contributed by atoms with Crippen LogP contribution >= 0.6 is 0 Å². The Morgan fingerprint density at radius 2 is 2.00 bits per heavy atom. The van der Waals surface area contributed by atoms with Crippen molar-refractivity contribution in [2.24, 2.45) is 5.92 Å². The van der Waals surface area contributed by atoms with Gasteiger partial charge in [0.05, 0.1) is 13.2 Å². The average Bonchev–Trinajstić information content (AvgIpc) is 2.06. The lowest BCUT2D eigenvalue weighted by molar-refractivity contribution is -0.185. The molecular formula is C9H18O2. The molecule has 1 fully saturated rings. The quantitative estimate of drug-likeness (QED) is 0.626. The van der Waals surface area contributed by atoms with Crippen LogP contribution < -0.4 is 0 Å². The Hall–Kier alpha value is -0.0800. The third-order valence-electron chi connectivity index (χ3n) is 2.19. The van der Waals surface area contributed by atoms with Crippen LogP contribution in [-0.4, -0.2) is 19.5 Å². The number of ether oxygens (including phenoxy) is 2. The number of hydrogen-bond donors (Lipinski definition) is 0. The molecule has 0 aromatic rings. The lowest BCUT2D eigenvalue weighted by Crippen LogP contribution is -2.26. The van der Waals surface area contributed by atoms with E-state index < -0.39 is 0 Å². The van der Waals surface area contributed by atoms with Crippen LogP contribution in [0.4, 0.5) is 0 Å². The number of hydrogen-bond acceptors (Lipinski definition) is 2. The molecule has 66 valence electrons. The molecule has 11 heavy (non-hydrogen) atoms. The van der Waals surface area contributed by atoms with Crippen molar-refractivity contribution in [2.75, 3.05) is 13.2 Å². The van der Waals surface area contributed by atoms with Gasteiger partial charge >= 0.3 is 0 Å². The van der Waals surface area contributed by atoms with E-state index >= 15 is 0 Å². The van der Waals surface area contributed by atoms with Crippen molar-refractivity contribution in [1.29, 1.82) is 0 Å². The van der Waals surface area contributed by atoms with Crippen LogP contribution in [0.15, 0.2) is 0 Å². The molecule has 1 unspecified atom stereocenters. The molecule has 0 bridgehead atoms. The monoisotopic (exact) mass is 158 g/mol. The van der Waals surface area contributed by atoms with E-state index in [9.17, 15) is 0 Å². The summed E-state index contributed by atoms with van der Waals surface area (Å²) in [6, 6.07) is 0. The van der Waals surface area contributed by atoms with Gasteiger partial charge in [0, 0.05) is 6.42 Å². The molecule has 1 aliphatic rings.